The van der Waals surface area contributed by atoms with E-state index < -0.39 is 42.7 Å². The van der Waals surface area contributed by atoms with Gasteiger partial charge in [-0.1, -0.05) is 6.07 Å². The van der Waals surface area contributed by atoms with Crippen LogP contribution in [0.15, 0.2) is 18.2 Å². The molecule has 1 heterocycles. The van der Waals surface area contributed by atoms with Gasteiger partial charge in [0, 0.05) is 6.42 Å². The first kappa shape index (κ1) is 18.6. The number of rotatable bonds is 4. The van der Waals surface area contributed by atoms with E-state index in [0.717, 1.165) is 0 Å². The summed E-state index contributed by atoms with van der Waals surface area (Å²) in [6, 6.07) is 2.90. The maximum Gasteiger partial charge on any atom is 0.262 e. The fourth-order valence-corrected chi connectivity index (χ4v) is 2.25. The normalized spacial score (nSPS) is 20.9. The van der Waals surface area contributed by atoms with Crippen LogP contribution < -0.4 is 15.4 Å². The van der Waals surface area contributed by atoms with Crippen molar-refractivity contribution in [1.29, 1.82) is 0 Å². The zero-order valence-corrected chi connectivity index (χ0v) is 13.0. The Kier molecular flexibility index (Phi) is 6.08. The number of hydrogen-bond donors (Lipinski definition) is 2. The van der Waals surface area contributed by atoms with E-state index in [2.05, 4.69) is 10.6 Å². The molecule has 1 fully saturated rings. The summed E-state index contributed by atoms with van der Waals surface area (Å²) in [5.41, 5.74) is 0.534. The van der Waals surface area contributed by atoms with E-state index in [-0.39, 0.29) is 18.2 Å². The Hall–Kier alpha value is -1.47. The Morgan fingerprint density at radius 1 is 1.50 bits per heavy atom. The second-order valence-corrected chi connectivity index (χ2v) is 5.12. The minimum Gasteiger partial charge on any atom is -0.494 e. The molecule has 2 atom stereocenters. The summed E-state index contributed by atoms with van der Waals surface area (Å²) < 4.78 is 44.5. The van der Waals surface area contributed by atoms with Gasteiger partial charge in [-0.15, -0.1) is 12.4 Å². The number of methoxy groups -OCH3 is 1. The summed E-state index contributed by atoms with van der Waals surface area (Å²) in [4.78, 5) is 11.9. The minimum atomic E-state index is -2.86. The topological polar surface area (TPSA) is 50.4 Å². The molecular formula is C14H18ClF3N2O2. The van der Waals surface area contributed by atoms with Crippen molar-refractivity contribution < 1.29 is 22.7 Å². The van der Waals surface area contributed by atoms with Crippen molar-refractivity contribution in [3.63, 3.8) is 0 Å². The quantitative estimate of drug-likeness (QED) is 0.886. The Bertz CT molecular complexity index is 543. The highest BCUT2D eigenvalue weighted by Crippen LogP contribution is 2.26. The number of nitrogens with one attached hydrogen (secondary N) is 2. The van der Waals surface area contributed by atoms with E-state index in [1.807, 2.05) is 0 Å². The van der Waals surface area contributed by atoms with Crippen LogP contribution in [0.2, 0.25) is 0 Å². The Morgan fingerprint density at radius 3 is 2.68 bits per heavy atom. The van der Waals surface area contributed by atoms with Gasteiger partial charge in [-0.2, -0.15) is 0 Å². The van der Waals surface area contributed by atoms with Gasteiger partial charge in [-0.3, -0.25) is 10.1 Å². The van der Waals surface area contributed by atoms with Crippen LogP contribution in [0, 0.1) is 5.82 Å². The second-order valence-electron chi connectivity index (χ2n) is 5.12. The smallest absolute Gasteiger partial charge is 0.262 e. The van der Waals surface area contributed by atoms with Crippen molar-refractivity contribution >= 4 is 18.3 Å². The molecule has 2 N–H and O–H groups in total. The molecule has 0 spiro atoms. The molecule has 0 radical (unpaired) electrons. The molecule has 4 nitrogen and oxygen atoms in total. The minimum absolute atomic E-state index is 0. The molecule has 0 saturated carbocycles. The van der Waals surface area contributed by atoms with E-state index in [4.69, 9.17) is 4.74 Å². The summed E-state index contributed by atoms with van der Waals surface area (Å²) in [6.07, 6.45) is -0.525. The van der Waals surface area contributed by atoms with Gasteiger partial charge in [0.05, 0.1) is 25.7 Å². The van der Waals surface area contributed by atoms with Crippen LogP contribution in [0.25, 0.3) is 0 Å². The zero-order chi connectivity index (χ0) is 15.6. The summed E-state index contributed by atoms with van der Waals surface area (Å²) in [5, 5.41) is 5.08. The molecule has 2 rings (SSSR count). The van der Waals surface area contributed by atoms with E-state index >= 15 is 0 Å². The first-order valence-electron chi connectivity index (χ1n) is 6.57. The van der Waals surface area contributed by atoms with Crippen molar-refractivity contribution in [3.8, 4) is 5.75 Å². The number of carbonyl (C=O) groups is 1. The number of alkyl halides is 2. The van der Waals surface area contributed by atoms with E-state index in [1.54, 1.807) is 13.0 Å². The lowest BCUT2D eigenvalue weighted by atomic mass is 10.1. The van der Waals surface area contributed by atoms with E-state index in [0.29, 0.717) is 5.56 Å². The number of benzene rings is 1. The molecule has 1 aliphatic heterocycles. The van der Waals surface area contributed by atoms with Crippen molar-refractivity contribution in [2.24, 2.45) is 0 Å². The van der Waals surface area contributed by atoms with Gasteiger partial charge in [0.1, 0.15) is 0 Å². The van der Waals surface area contributed by atoms with Crippen LogP contribution in [0.3, 0.4) is 0 Å². The third-order valence-electron chi connectivity index (χ3n) is 3.46. The highest BCUT2D eigenvalue weighted by molar-refractivity contribution is 5.85. The zero-order valence-electron chi connectivity index (χ0n) is 12.2. The van der Waals surface area contributed by atoms with Crippen molar-refractivity contribution in [3.05, 3.63) is 29.6 Å². The predicted molar refractivity (Wildman–Crippen MR) is 78.1 cm³/mol. The molecule has 8 heteroatoms. The first-order valence-corrected chi connectivity index (χ1v) is 6.57. The van der Waals surface area contributed by atoms with Crippen molar-refractivity contribution in [2.75, 3.05) is 13.7 Å². The van der Waals surface area contributed by atoms with Gasteiger partial charge < -0.3 is 10.1 Å². The van der Waals surface area contributed by atoms with Crippen LogP contribution in [0.1, 0.15) is 24.9 Å². The fourth-order valence-electron chi connectivity index (χ4n) is 2.25. The lowest BCUT2D eigenvalue weighted by Crippen LogP contribution is -2.41. The average Bonchev–Trinajstić information content (AvgIpc) is 2.79. The molecule has 22 heavy (non-hydrogen) atoms. The Labute approximate surface area is 132 Å². The first-order chi connectivity index (χ1) is 9.82. The maximum absolute atomic E-state index is 13.6. The largest absolute Gasteiger partial charge is 0.494 e. The highest BCUT2D eigenvalue weighted by atomic mass is 35.5. The summed E-state index contributed by atoms with van der Waals surface area (Å²) in [6.45, 7) is 1.16. The fraction of sp³-hybridized carbons (Fsp3) is 0.500. The highest BCUT2D eigenvalue weighted by Gasteiger charge is 2.42. The number of carbonyl (C=O) groups excluding carboxylic acids is 1. The van der Waals surface area contributed by atoms with Crippen LogP contribution in [-0.4, -0.2) is 31.5 Å². The third-order valence-corrected chi connectivity index (χ3v) is 3.46. The van der Waals surface area contributed by atoms with Crippen LogP contribution in [0.4, 0.5) is 13.2 Å². The summed E-state index contributed by atoms with van der Waals surface area (Å²) in [7, 11) is 1.36. The summed E-state index contributed by atoms with van der Waals surface area (Å²) >= 11 is 0. The standard InChI is InChI=1S/C14H17F3N2O2.ClH/c1-8(9-3-4-12(21-2)10(15)5-9)19-13(20)11-6-14(16,17)7-18-11;/h3-5,8,11,18H,6-7H2,1-2H3,(H,19,20);1H. The SMILES string of the molecule is COc1ccc(C(C)NC(=O)C2CC(F)(F)CN2)cc1F.Cl. The molecule has 0 bridgehead atoms. The predicted octanol–water partition coefficient (Wildman–Crippen LogP) is 2.43. The summed E-state index contributed by atoms with van der Waals surface area (Å²) in [5.74, 6) is -3.82. The maximum atomic E-state index is 13.6. The number of hydrogen-bond acceptors (Lipinski definition) is 3. The lowest BCUT2D eigenvalue weighted by molar-refractivity contribution is -0.124. The molecule has 2 unspecified atom stereocenters. The van der Waals surface area contributed by atoms with Gasteiger partial charge in [0.15, 0.2) is 11.6 Å². The number of amides is 1. The third kappa shape index (κ3) is 4.27. The van der Waals surface area contributed by atoms with Gasteiger partial charge >= 0.3 is 0 Å². The monoisotopic (exact) mass is 338 g/mol. The second kappa shape index (κ2) is 7.19. The van der Waals surface area contributed by atoms with E-state index in [9.17, 15) is 18.0 Å². The molecular weight excluding hydrogens is 321 g/mol. The Morgan fingerprint density at radius 2 is 2.18 bits per heavy atom. The van der Waals surface area contributed by atoms with Gasteiger partial charge in [0.25, 0.3) is 5.92 Å². The molecule has 0 aliphatic carbocycles. The lowest BCUT2D eigenvalue weighted by Gasteiger charge is -2.18. The van der Waals surface area contributed by atoms with Crippen molar-refractivity contribution in [1.82, 2.24) is 10.6 Å². The van der Waals surface area contributed by atoms with Crippen molar-refractivity contribution in [2.45, 2.75) is 31.4 Å². The molecule has 1 aromatic carbocycles. The Balaban J connectivity index is 0.00000242. The molecule has 1 amide bonds. The van der Waals surface area contributed by atoms with E-state index in [1.165, 1.54) is 19.2 Å². The molecule has 1 aromatic rings. The van der Waals surface area contributed by atoms with Gasteiger partial charge in [-0.25, -0.2) is 13.2 Å². The van der Waals surface area contributed by atoms with Crippen LogP contribution >= 0.6 is 12.4 Å². The average molecular weight is 339 g/mol. The number of halogens is 4. The van der Waals surface area contributed by atoms with Crippen LogP contribution in [-0.2, 0) is 4.79 Å². The van der Waals surface area contributed by atoms with Gasteiger partial charge in [-0.05, 0) is 24.6 Å². The van der Waals surface area contributed by atoms with Gasteiger partial charge in [0.2, 0.25) is 5.91 Å². The molecule has 1 saturated heterocycles. The molecule has 0 aromatic heterocycles. The molecule has 1 aliphatic rings. The van der Waals surface area contributed by atoms with Crippen LogP contribution in [0.5, 0.6) is 5.75 Å². The molecule has 124 valence electrons. The number of ether oxygens (including phenoxy) is 1.